The van der Waals surface area contributed by atoms with Crippen molar-refractivity contribution in [3.63, 3.8) is 0 Å². The van der Waals surface area contributed by atoms with Gasteiger partial charge in [0.15, 0.2) is 12.4 Å². The second kappa shape index (κ2) is 7.39. The number of Topliss-reactive ketones (excluding diaryl/α,β-unsaturated/α-hetero) is 1. The van der Waals surface area contributed by atoms with Crippen molar-refractivity contribution in [1.29, 1.82) is 0 Å². The number of ketones is 1. The van der Waals surface area contributed by atoms with E-state index in [9.17, 15) is 14.4 Å². The van der Waals surface area contributed by atoms with E-state index in [4.69, 9.17) is 4.74 Å². The minimum Gasteiger partial charge on any atom is -0.482 e. The van der Waals surface area contributed by atoms with E-state index in [1.54, 1.807) is 18.2 Å². The third-order valence-corrected chi connectivity index (χ3v) is 4.30. The lowest BCUT2D eigenvalue weighted by Crippen LogP contribution is -2.25. The number of carbonyl (C=O) groups is 3. The molecule has 1 aliphatic heterocycles. The average molecular weight is 352 g/mol. The molecule has 0 unspecified atom stereocenters. The van der Waals surface area contributed by atoms with Gasteiger partial charge in [-0.2, -0.15) is 0 Å². The molecular formula is C20H20N2O4. The van der Waals surface area contributed by atoms with Gasteiger partial charge in [0, 0.05) is 24.1 Å². The zero-order chi connectivity index (χ0) is 18.7. The lowest BCUT2D eigenvalue weighted by atomic mass is 10.0. The highest BCUT2D eigenvalue weighted by Gasteiger charge is 2.18. The SMILES string of the molecule is Cc1ccc(NC(=O)CCC(=O)c2ccc3c(c2)NC(=O)CO3)cc1C. The summed E-state index contributed by atoms with van der Waals surface area (Å²) in [4.78, 5) is 35.8. The maximum Gasteiger partial charge on any atom is 0.262 e. The largest absolute Gasteiger partial charge is 0.482 e. The number of amides is 2. The van der Waals surface area contributed by atoms with Crippen LogP contribution in [0.15, 0.2) is 36.4 Å². The molecule has 0 bridgehead atoms. The molecule has 26 heavy (non-hydrogen) atoms. The minimum atomic E-state index is -0.255. The molecule has 3 rings (SSSR count). The summed E-state index contributed by atoms with van der Waals surface area (Å²) in [7, 11) is 0. The standard InChI is InChI=1S/C20H20N2O4/c1-12-3-5-15(9-13(12)2)21-19(24)8-6-17(23)14-4-7-18-16(10-14)22-20(25)11-26-18/h3-5,7,9-10H,6,8,11H2,1-2H3,(H,21,24)(H,22,25). The molecule has 0 saturated heterocycles. The van der Waals surface area contributed by atoms with Crippen molar-refractivity contribution in [3.8, 4) is 5.75 Å². The molecule has 6 nitrogen and oxygen atoms in total. The van der Waals surface area contributed by atoms with Crippen LogP contribution >= 0.6 is 0 Å². The van der Waals surface area contributed by atoms with Crippen LogP contribution in [0.1, 0.15) is 34.3 Å². The summed E-state index contributed by atoms with van der Waals surface area (Å²) in [5.41, 5.74) is 3.89. The molecule has 0 atom stereocenters. The number of hydrogen-bond acceptors (Lipinski definition) is 4. The van der Waals surface area contributed by atoms with Crippen molar-refractivity contribution in [3.05, 3.63) is 53.1 Å². The number of fused-ring (bicyclic) bond motifs is 1. The quantitative estimate of drug-likeness (QED) is 0.809. The number of benzene rings is 2. The van der Waals surface area contributed by atoms with Crippen LogP contribution in [-0.4, -0.2) is 24.2 Å². The summed E-state index contributed by atoms with van der Waals surface area (Å²) >= 11 is 0. The third-order valence-electron chi connectivity index (χ3n) is 4.30. The summed E-state index contributed by atoms with van der Waals surface area (Å²) in [6.45, 7) is 3.96. The molecule has 2 amide bonds. The van der Waals surface area contributed by atoms with E-state index < -0.39 is 0 Å². The number of carbonyl (C=O) groups excluding carboxylic acids is 3. The first-order valence-electron chi connectivity index (χ1n) is 8.39. The van der Waals surface area contributed by atoms with Crippen LogP contribution < -0.4 is 15.4 Å². The van der Waals surface area contributed by atoms with Gasteiger partial charge in [-0.25, -0.2) is 0 Å². The average Bonchev–Trinajstić information content (AvgIpc) is 2.62. The fraction of sp³-hybridized carbons (Fsp3) is 0.250. The Balaban J connectivity index is 1.58. The Morgan fingerprint density at radius 2 is 1.88 bits per heavy atom. The van der Waals surface area contributed by atoms with Gasteiger partial charge in [0.2, 0.25) is 5.91 Å². The van der Waals surface area contributed by atoms with E-state index in [2.05, 4.69) is 10.6 Å². The van der Waals surface area contributed by atoms with Gasteiger partial charge in [0.05, 0.1) is 5.69 Å². The van der Waals surface area contributed by atoms with E-state index in [0.29, 0.717) is 17.0 Å². The fourth-order valence-electron chi connectivity index (χ4n) is 2.67. The van der Waals surface area contributed by atoms with Crippen LogP contribution in [0.25, 0.3) is 0 Å². The van der Waals surface area contributed by atoms with E-state index >= 15 is 0 Å². The first-order chi connectivity index (χ1) is 12.4. The van der Waals surface area contributed by atoms with Crippen LogP contribution in [0.2, 0.25) is 0 Å². The highest BCUT2D eigenvalue weighted by atomic mass is 16.5. The molecule has 0 aliphatic carbocycles. The van der Waals surface area contributed by atoms with Gasteiger partial charge in [-0.05, 0) is 55.3 Å². The molecule has 1 heterocycles. The molecule has 0 aromatic heterocycles. The smallest absolute Gasteiger partial charge is 0.262 e. The second-order valence-corrected chi connectivity index (χ2v) is 6.32. The van der Waals surface area contributed by atoms with Gasteiger partial charge in [-0.15, -0.1) is 0 Å². The lowest BCUT2D eigenvalue weighted by Gasteiger charge is -2.18. The molecule has 6 heteroatoms. The number of anilines is 2. The molecule has 2 aromatic rings. The highest BCUT2D eigenvalue weighted by molar-refractivity contribution is 6.02. The van der Waals surface area contributed by atoms with Crippen molar-refractivity contribution < 1.29 is 19.1 Å². The van der Waals surface area contributed by atoms with Gasteiger partial charge < -0.3 is 15.4 Å². The van der Waals surface area contributed by atoms with E-state index in [0.717, 1.165) is 16.8 Å². The number of rotatable bonds is 5. The monoisotopic (exact) mass is 352 g/mol. The Morgan fingerprint density at radius 3 is 2.65 bits per heavy atom. The van der Waals surface area contributed by atoms with Crippen molar-refractivity contribution >= 4 is 29.0 Å². The fourth-order valence-corrected chi connectivity index (χ4v) is 2.67. The van der Waals surface area contributed by atoms with E-state index in [1.807, 2.05) is 32.0 Å². The van der Waals surface area contributed by atoms with Gasteiger partial charge in [-0.3, -0.25) is 14.4 Å². The van der Waals surface area contributed by atoms with Crippen LogP contribution in [0.4, 0.5) is 11.4 Å². The Hall–Kier alpha value is -3.15. The number of nitrogens with one attached hydrogen (secondary N) is 2. The Bertz CT molecular complexity index is 889. The Labute approximate surface area is 151 Å². The zero-order valence-corrected chi connectivity index (χ0v) is 14.7. The molecule has 2 aromatic carbocycles. The van der Waals surface area contributed by atoms with Gasteiger partial charge in [0.25, 0.3) is 5.91 Å². The van der Waals surface area contributed by atoms with Crippen molar-refractivity contribution in [2.24, 2.45) is 0 Å². The Morgan fingerprint density at radius 1 is 1.08 bits per heavy atom. The first kappa shape index (κ1) is 17.7. The van der Waals surface area contributed by atoms with Crippen molar-refractivity contribution in [2.75, 3.05) is 17.2 Å². The van der Waals surface area contributed by atoms with Gasteiger partial charge >= 0.3 is 0 Å². The predicted octanol–water partition coefficient (Wildman–Crippen LogP) is 3.24. The summed E-state index contributed by atoms with van der Waals surface area (Å²) < 4.78 is 5.27. The van der Waals surface area contributed by atoms with Crippen LogP contribution in [-0.2, 0) is 9.59 Å². The normalized spacial score (nSPS) is 12.6. The molecule has 0 radical (unpaired) electrons. The Kier molecular flexibility index (Phi) is 5.02. The van der Waals surface area contributed by atoms with Crippen LogP contribution in [0, 0.1) is 13.8 Å². The molecule has 134 valence electrons. The van der Waals surface area contributed by atoms with E-state index in [-0.39, 0.29) is 37.0 Å². The molecule has 2 N–H and O–H groups in total. The first-order valence-corrected chi connectivity index (χ1v) is 8.39. The molecule has 0 fully saturated rings. The van der Waals surface area contributed by atoms with Gasteiger partial charge in [0.1, 0.15) is 5.75 Å². The van der Waals surface area contributed by atoms with E-state index in [1.165, 1.54) is 0 Å². The number of aryl methyl sites for hydroxylation is 2. The third kappa shape index (κ3) is 4.08. The highest BCUT2D eigenvalue weighted by Crippen LogP contribution is 2.29. The summed E-state index contributed by atoms with van der Waals surface area (Å²) in [5, 5.41) is 5.47. The number of hydrogen-bond donors (Lipinski definition) is 2. The van der Waals surface area contributed by atoms with Crippen molar-refractivity contribution in [2.45, 2.75) is 26.7 Å². The second-order valence-electron chi connectivity index (χ2n) is 6.32. The summed E-state index contributed by atoms with van der Waals surface area (Å²) in [5.74, 6) is -0.0949. The predicted molar refractivity (Wildman–Crippen MR) is 98.7 cm³/mol. The zero-order valence-electron chi connectivity index (χ0n) is 14.7. The molecule has 0 saturated carbocycles. The molecule has 1 aliphatic rings. The maximum atomic E-state index is 12.3. The lowest BCUT2D eigenvalue weighted by molar-refractivity contribution is -0.118. The summed E-state index contributed by atoms with van der Waals surface area (Å²) in [6.07, 6.45) is 0.177. The number of ether oxygens (including phenoxy) is 1. The van der Waals surface area contributed by atoms with Crippen LogP contribution in [0.3, 0.4) is 0 Å². The van der Waals surface area contributed by atoms with Crippen molar-refractivity contribution in [1.82, 2.24) is 0 Å². The van der Waals surface area contributed by atoms with Gasteiger partial charge in [-0.1, -0.05) is 6.07 Å². The summed E-state index contributed by atoms with van der Waals surface area (Å²) in [6, 6.07) is 10.6. The topological polar surface area (TPSA) is 84.5 Å². The minimum absolute atomic E-state index is 0.0288. The molecular weight excluding hydrogens is 332 g/mol. The molecule has 0 spiro atoms. The van der Waals surface area contributed by atoms with Crippen LogP contribution in [0.5, 0.6) is 5.75 Å². The maximum absolute atomic E-state index is 12.3.